The van der Waals surface area contributed by atoms with Crippen LogP contribution in [0.1, 0.15) is 32.6 Å². The molecule has 1 spiro atoms. The standard InChI is InChI=1S/C15H23N5O/c1-2-19-7-9-20(10-8-19)14-17-13(21)12(11-16)15(18-14)5-3-4-6-15/h12H,2-10H2,1H3,(H,17,18,21)/p+1/t12-/m1/s1. The Morgan fingerprint density at radius 1 is 1.43 bits per heavy atom. The zero-order chi connectivity index (χ0) is 14.9. The van der Waals surface area contributed by atoms with Crippen LogP contribution in [0.4, 0.5) is 0 Å². The number of guanidine groups is 1. The molecule has 2 fully saturated rings. The van der Waals surface area contributed by atoms with Crippen molar-refractivity contribution >= 4 is 11.9 Å². The molecule has 0 bridgehead atoms. The molecule has 0 radical (unpaired) electrons. The van der Waals surface area contributed by atoms with E-state index in [1.54, 1.807) is 4.90 Å². The fourth-order valence-corrected chi connectivity index (χ4v) is 3.83. The normalized spacial score (nSPS) is 29.1. The summed E-state index contributed by atoms with van der Waals surface area (Å²) >= 11 is 0. The first-order chi connectivity index (χ1) is 10.2. The summed E-state index contributed by atoms with van der Waals surface area (Å²) in [5.41, 5.74) is -0.457. The van der Waals surface area contributed by atoms with Crippen LogP contribution in [-0.2, 0) is 4.79 Å². The van der Waals surface area contributed by atoms with E-state index in [1.807, 2.05) is 0 Å². The van der Waals surface area contributed by atoms with Crippen LogP contribution in [0.5, 0.6) is 0 Å². The summed E-state index contributed by atoms with van der Waals surface area (Å²) in [6.45, 7) is 7.37. The van der Waals surface area contributed by atoms with Crippen molar-refractivity contribution < 1.29 is 9.69 Å². The van der Waals surface area contributed by atoms with Crippen molar-refractivity contribution in [2.45, 2.75) is 38.1 Å². The van der Waals surface area contributed by atoms with Gasteiger partial charge in [0.25, 0.3) is 0 Å². The quantitative estimate of drug-likeness (QED) is 0.660. The molecule has 3 aliphatic rings. The lowest BCUT2D eigenvalue weighted by molar-refractivity contribution is -0.902. The number of nitriles is 1. The number of piperazine rings is 1. The summed E-state index contributed by atoms with van der Waals surface area (Å²) in [4.78, 5) is 21.0. The Morgan fingerprint density at radius 3 is 2.67 bits per heavy atom. The number of hydrogen-bond acceptors (Lipinski definition) is 4. The highest BCUT2D eigenvalue weighted by atomic mass is 16.2. The van der Waals surface area contributed by atoms with Crippen molar-refractivity contribution in [1.29, 1.82) is 5.26 Å². The van der Waals surface area contributed by atoms with E-state index in [1.165, 1.54) is 0 Å². The third-order valence-corrected chi connectivity index (χ3v) is 5.23. The highest BCUT2D eigenvalue weighted by molar-refractivity contribution is 6.02. The molecule has 2 heterocycles. The fourth-order valence-electron chi connectivity index (χ4n) is 3.83. The number of carbonyl (C=O) groups excluding carboxylic acids is 1. The maximum Gasteiger partial charge on any atom is 0.246 e. The van der Waals surface area contributed by atoms with Crippen molar-refractivity contribution in [3.8, 4) is 6.07 Å². The van der Waals surface area contributed by atoms with Gasteiger partial charge in [0.2, 0.25) is 11.9 Å². The van der Waals surface area contributed by atoms with E-state index < -0.39 is 11.5 Å². The summed E-state index contributed by atoms with van der Waals surface area (Å²) in [7, 11) is 0. The summed E-state index contributed by atoms with van der Waals surface area (Å²) in [6.07, 6.45) is 3.86. The Kier molecular flexibility index (Phi) is 3.85. The second-order valence-corrected chi connectivity index (χ2v) is 6.39. The average molecular weight is 290 g/mol. The molecule has 114 valence electrons. The van der Waals surface area contributed by atoms with Gasteiger partial charge >= 0.3 is 0 Å². The predicted molar refractivity (Wildman–Crippen MR) is 78.7 cm³/mol. The summed E-state index contributed by atoms with van der Waals surface area (Å²) in [5, 5.41) is 12.2. The number of likely N-dealkylation sites (N-methyl/N-ethyl adjacent to an activating group) is 1. The van der Waals surface area contributed by atoms with Crippen LogP contribution in [0, 0.1) is 17.2 Å². The number of hydrogen-bond donors (Lipinski definition) is 2. The molecular formula is C15H24N5O+. The zero-order valence-corrected chi connectivity index (χ0v) is 12.7. The number of aliphatic imine (C=N–C) groups is 1. The third kappa shape index (κ3) is 2.51. The first kappa shape index (κ1) is 14.3. The maximum absolute atomic E-state index is 12.3. The van der Waals surface area contributed by atoms with Gasteiger partial charge in [-0.1, -0.05) is 12.8 Å². The first-order valence-electron chi connectivity index (χ1n) is 8.07. The van der Waals surface area contributed by atoms with Crippen LogP contribution in [0.25, 0.3) is 0 Å². The Labute approximate surface area is 125 Å². The van der Waals surface area contributed by atoms with Crippen LogP contribution >= 0.6 is 0 Å². The van der Waals surface area contributed by atoms with E-state index in [9.17, 15) is 10.1 Å². The van der Waals surface area contributed by atoms with E-state index in [-0.39, 0.29) is 5.91 Å². The molecule has 0 aromatic carbocycles. The van der Waals surface area contributed by atoms with Gasteiger partial charge in [0, 0.05) is 0 Å². The van der Waals surface area contributed by atoms with E-state index in [4.69, 9.17) is 4.99 Å². The molecule has 6 nitrogen and oxygen atoms in total. The largest absolute Gasteiger partial charge is 0.332 e. The molecule has 0 aromatic rings. The molecule has 1 saturated carbocycles. The van der Waals surface area contributed by atoms with Crippen molar-refractivity contribution in [2.24, 2.45) is 10.9 Å². The van der Waals surface area contributed by atoms with Crippen molar-refractivity contribution in [3.63, 3.8) is 0 Å². The van der Waals surface area contributed by atoms with Crippen molar-refractivity contribution in [2.75, 3.05) is 32.7 Å². The van der Waals surface area contributed by atoms with Gasteiger partial charge in [-0.3, -0.25) is 10.1 Å². The van der Waals surface area contributed by atoms with Gasteiger partial charge in [-0.15, -0.1) is 0 Å². The van der Waals surface area contributed by atoms with E-state index >= 15 is 0 Å². The van der Waals surface area contributed by atoms with Gasteiger partial charge in [-0.25, -0.2) is 4.99 Å². The van der Waals surface area contributed by atoms with E-state index in [2.05, 4.69) is 23.2 Å². The summed E-state index contributed by atoms with van der Waals surface area (Å²) in [5.74, 6) is -0.0653. The molecule has 2 aliphatic heterocycles. The SMILES string of the molecule is CC[NH+]1CCN(C2=NC3(CCCC3)[C@H](C#N)C(=O)N2)CC1. The zero-order valence-electron chi connectivity index (χ0n) is 12.7. The predicted octanol–water partition coefficient (Wildman–Crippen LogP) is -0.855. The molecule has 2 N–H and O–H groups in total. The maximum atomic E-state index is 12.3. The Bertz CT molecular complexity index is 481. The Hall–Kier alpha value is -1.61. The average Bonchev–Trinajstić information content (AvgIpc) is 2.96. The van der Waals surface area contributed by atoms with Crippen molar-refractivity contribution in [1.82, 2.24) is 10.2 Å². The highest BCUT2D eigenvalue weighted by Crippen LogP contribution is 2.41. The number of amides is 1. The van der Waals surface area contributed by atoms with Crippen LogP contribution in [0.15, 0.2) is 4.99 Å². The topological polar surface area (TPSA) is 72.9 Å². The number of carbonyl (C=O) groups is 1. The van der Waals surface area contributed by atoms with E-state index in [0.29, 0.717) is 5.96 Å². The van der Waals surface area contributed by atoms with Gasteiger partial charge in [0.15, 0.2) is 5.92 Å². The lowest BCUT2D eigenvalue weighted by atomic mass is 9.82. The van der Waals surface area contributed by atoms with Crippen molar-refractivity contribution in [3.05, 3.63) is 0 Å². The minimum atomic E-state index is -0.619. The van der Waals surface area contributed by atoms with Gasteiger partial charge < -0.3 is 9.80 Å². The van der Waals surface area contributed by atoms with E-state index in [0.717, 1.165) is 58.4 Å². The monoisotopic (exact) mass is 290 g/mol. The van der Waals surface area contributed by atoms with Gasteiger partial charge in [0.05, 0.1) is 44.3 Å². The molecule has 0 unspecified atom stereocenters. The lowest BCUT2D eigenvalue weighted by Crippen LogP contribution is -3.14. The first-order valence-corrected chi connectivity index (χ1v) is 8.07. The van der Waals surface area contributed by atoms with Crippen LogP contribution in [0.3, 0.4) is 0 Å². The number of nitrogens with zero attached hydrogens (tertiary/aromatic N) is 3. The second-order valence-electron chi connectivity index (χ2n) is 6.39. The molecule has 6 heteroatoms. The van der Waals surface area contributed by atoms with Gasteiger partial charge in [0.1, 0.15) is 0 Å². The molecule has 21 heavy (non-hydrogen) atoms. The Morgan fingerprint density at radius 2 is 2.10 bits per heavy atom. The van der Waals surface area contributed by atoms with Crippen LogP contribution < -0.4 is 10.2 Å². The molecular weight excluding hydrogens is 266 g/mol. The summed E-state index contributed by atoms with van der Waals surface area (Å²) in [6, 6.07) is 2.18. The molecule has 1 amide bonds. The van der Waals surface area contributed by atoms with Gasteiger partial charge in [-0.2, -0.15) is 5.26 Å². The second kappa shape index (κ2) is 5.64. The van der Waals surface area contributed by atoms with Crippen LogP contribution in [0.2, 0.25) is 0 Å². The molecule has 3 rings (SSSR count). The Balaban J connectivity index is 1.81. The molecule has 1 saturated heterocycles. The highest BCUT2D eigenvalue weighted by Gasteiger charge is 2.49. The third-order valence-electron chi connectivity index (χ3n) is 5.23. The number of quaternary nitrogens is 1. The minimum Gasteiger partial charge on any atom is -0.332 e. The smallest absolute Gasteiger partial charge is 0.246 e. The molecule has 1 atom stereocenters. The number of nitrogens with one attached hydrogen (secondary N) is 2. The van der Waals surface area contributed by atoms with Crippen LogP contribution in [-0.4, -0.2) is 55.0 Å². The fraction of sp³-hybridized carbons (Fsp3) is 0.800. The lowest BCUT2D eigenvalue weighted by Gasteiger charge is -2.39. The minimum absolute atomic E-state index is 0.158. The summed E-state index contributed by atoms with van der Waals surface area (Å²) < 4.78 is 0. The molecule has 1 aliphatic carbocycles. The van der Waals surface area contributed by atoms with Gasteiger partial charge in [-0.05, 0) is 19.8 Å². The molecule has 0 aromatic heterocycles. The number of rotatable bonds is 1.